The van der Waals surface area contributed by atoms with Crippen molar-refractivity contribution >= 4 is 5.96 Å². The van der Waals surface area contributed by atoms with E-state index in [0.29, 0.717) is 6.10 Å². The number of rotatable bonds is 8. The Balaban J connectivity index is 1.64. The quantitative estimate of drug-likeness (QED) is 0.411. The van der Waals surface area contributed by atoms with Crippen LogP contribution in [0.25, 0.3) is 0 Å². The Hall–Kier alpha value is -0.850. The van der Waals surface area contributed by atoms with E-state index in [-0.39, 0.29) is 0 Å². The second kappa shape index (κ2) is 10.9. The molecular formula is C18H36N4O2. The van der Waals surface area contributed by atoms with Crippen molar-refractivity contribution in [3.63, 3.8) is 0 Å². The Kier molecular flexibility index (Phi) is 8.84. The molecule has 0 aromatic carbocycles. The van der Waals surface area contributed by atoms with Gasteiger partial charge < -0.3 is 24.6 Å². The van der Waals surface area contributed by atoms with E-state index in [1.807, 2.05) is 7.05 Å². The third kappa shape index (κ3) is 6.22. The summed E-state index contributed by atoms with van der Waals surface area (Å²) < 4.78 is 11.0. The molecule has 0 aromatic rings. The molecule has 2 aliphatic rings. The van der Waals surface area contributed by atoms with Gasteiger partial charge >= 0.3 is 0 Å². The summed E-state index contributed by atoms with van der Waals surface area (Å²) in [5, 5.41) is 3.59. The van der Waals surface area contributed by atoms with Crippen LogP contribution in [0.4, 0.5) is 0 Å². The molecule has 2 fully saturated rings. The van der Waals surface area contributed by atoms with Gasteiger partial charge in [0, 0.05) is 53.6 Å². The number of nitrogens with one attached hydrogen (secondary N) is 1. The van der Waals surface area contributed by atoms with Crippen LogP contribution in [0.5, 0.6) is 0 Å². The Morgan fingerprint density at radius 1 is 1.17 bits per heavy atom. The van der Waals surface area contributed by atoms with Gasteiger partial charge in [-0.05, 0) is 44.7 Å². The summed E-state index contributed by atoms with van der Waals surface area (Å²) in [5.74, 6) is 1.81. The zero-order valence-electron chi connectivity index (χ0n) is 15.8. The average molecular weight is 341 g/mol. The van der Waals surface area contributed by atoms with Crippen LogP contribution in [0.15, 0.2) is 4.99 Å². The first-order chi connectivity index (χ1) is 11.8. The van der Waals surface area contributed by atoms with Crippen molar-refractivity contribution in [2.45, 2.75) is 38.7 Å². The van der Waals surface area contributed by atoms with Crippen LogP contribution in [0.3, 0.4) is 0 Å². The summed E-state index contributed by atoms with van der Waals surface area (Å²) in [4.78, 5) is 9.39. The molecule has 6 nitrogen and oxygen atoms in total. The highest BCUT2D eigenvalue weighted by atomic mass is 16.5. The number of hydrogen-bond donors (Lipinski definition) is 1. The first-order valence-electron chi connectivity index (χ1n) is 9.55. The topological polar surface area (TPSA) is 49.3 Å². The van der Waals surface area contributed by atoms with Gasteiger partial charge in [0.25, 0.3) is 0 Å². The highest BCUT2D eigenvalue weighted by Crippen LogP contribution is 2.16. The van der Waals surface area contributed by atoms with Crippen LogP contribution in [0, 0.1) is 5.92 Å². The first kappa shape index (κ1) is 19.5. The number of aliphatic imine (C=N–C) groups is 1. The molecule has 140 valence electrons. The fourth-order valence-electron chi connectivity index (χ4n) is 3.62. The molecule has 1 unspecified atom stereocenters. The Bertz CT molecular complexity index is 370. The van der Waals surface area contributed by atoms with Gasteiger partial charge in [0.2, 0.25) is 0 Å². The van der Waals surface area contributed by atoms with E-state index in [0.717, 1.165) is 64.0 Å². The summed E-state index contributed by atoms with van der Waals surface area (Å²) in [7, 11) is 3.63. The smallest absolute Gasteiger partial charge is 0.193 e. The van der Waals surface area contributed by atoms with Gasteiger partial charge in [-0.3, -0.25) is 4.99 Å². The highest BCUT2D eigenvalue weighted by molar-refractivity contribution is 5.79. The van der Waals surface area contributed by atoms with E-state index in [1.54, 1.807) is 7.11 Å². The van der Waals surface area contributed by atoms with Crippen LogP contribution in [-0.4, -0.2) is 88.5 Å². The monoisotopic (exact) mass is 340 g/mol. The molecule has 2 saturated heterocycles. The Morgan fingerprint density at radius 2 is 1.96 bits per heavy atom. The van der Waals surface area contributed by atoms with Crippen LogP contribution in [0.1, 0.15) is 32.6 Å². The molecule has 0 radical (unpaired) electrons. The lowest BCUT2D eigenvalue weighted by molar-refractivity contribution is 0.00989. The van der Waals surface area contributed by atoms with Crippen molar-refractivity contribution in [3.8, 4) is 0 Å². The molecule has 0 saturated carbocycles. The van der Waals surface area contributed by atoms with Crippen molar-refractivity contribution in [1.29, 1.82) is 0 Å². The zero-order valence-corrected chi connectivity index (χ0v) is 15.8. The molecule has 1 N–H and O–H groups in total. The van der Waals surface area contributed by atoms with Crippen molar-refractivity contribution in [2.24, 2.45) is 10.9 Å². The van der Waals surface area contributed by atoms with E-state index in [4.69, 9.17) is 9.47 Å². The molecule has 2 heterocycles. The molecular weight excluding hydrogens is 304 g/mol. The van der Waals surface area contributed by atoms with E-state index >= 15 is 0 Å². The van der Waals surface area contributed by atoms with Gasteiger partial charge in [-0.15, -0.1) is 0 Å². The van der Waals surface area contributed by atoms with Crippen molar-refractivity contribution in [3.05, 3.63) is 0 Å². The summed E-state index contributed by atoms with van der Waals surface area (Å²) >= 11 is 0. The number of nitrogens with zero attached hydrogens (tertiary/aromatic N) is 3. The predicted molar refractivity (Wildman–Crippen MR) is 98.6 cm³/mol. The summed E-state index contributed by atoms with van der Waals surface area (Å²) in [6, 6.07) is 0. The Morgan fingerprint density at radius 3 is 2.58 bits per heavy atom. The van der Waals surface area contributed by atoms with Crippen LogP contribution >= 0.6 is 0 Å². The van der Waals surface area contributed by atoms with Crippen molar-refractivity contribution in [2.75, 3.05) is 66.6 Å². The van der Waals surface area contributed by atoms with E-state index < -0.39 is 0 Å². The minimum Gasteiger partial charge on any atom is -0.385 e. The number of guanidine groups is 1. The molecule has 0 aromatic heterocycles. The van der Waals surface area contributed by atoms with E-state index in [2.05, 4.69) is 27.0 Å². The SMILES string of the molecule is CCN1CCC(CNC(=NC)N2CCC(OCCCOC)CC2)C1. The molecule has 24 heavy (non-hydrogen) atoms. The van der Waals surface area contributed by atoms with Gasteiger partial charge in [0.1, 0.15) is 0 Å². The maximum absolute atomic E-state index is 5.94. The molecule has 0 bridgehead atoms. The molecule has 6 heteroatoms. The van der Waals surface area contributed by atoms with Gasteiger partial charge in [0.05, 0.1) is 6.10 Å². The van der Waals surface area contributed by atoms with Crippen LogP contribution < -0.4 is 5.32 Å². The number of piperidine rings is 1. The maximum Gasteiger partial charge on any atom is 0.193 e. The van der Waals surface area contributed by atoms with Crippen molar-refractivity contribution in [1.82, 2.24) is 15.1 Å². The van der Waals surface area contributed by atoms with E-state index in [9.17, 15) is 0 Å². The second-order valence-corrected chi connectivity index (χ2v) is 6.88. The molecule has 1 atom stereocenters. The van der Waals surface area contributed by atoms with Crippen LogP contribution in [0.2, 0.25) is 0 Å². The lowest BCUT2D eigenvalue weighted by atomic mass is 10.1. The molecule has 0 aliphatic carbocycles. The summed E-state index contributed by atoms with van der Waals surface area (Å²) in [6.45, 7) is 10.6. The van der Waals surface area contributed by atoms with Gasteiger partial charge in [-0.2, -0.15) is 0 Å². The minimum absolute atomic E-state index is 0.393. The minimum atomic E-state index is 0.393. The lowest BCUT2D eigenvalue weighted by Crippen LogP contribution is -2.48. The van der Waals surface area contributed by atoms with Gasteiger partial charge in [-0.25, -0.2) is 0 Å². The third-order valence-electron chi connectivity index (χ3n) is 5.17. The standard InChI is InChI=1S/C18H36N4O2/c1-4-21-9-6-16(15-21)14-20-18(19-2)22-10-7-17(8-11-22)24-13-5-12-23-3/h16-17H,4-15H2,1-3H3,(H,19,20). The van der Waals surface area contributed by atoms with Crippen LogP contribution in [-0.2, 0) is 9.47 Å². The zero-order chi connectivity index (χ0) is 17.2. The molecule has 2 aliphatic heterocycles. The molecule has 0 spiro atoms. The predicted octanol–water partition coefficient (Wildman–Crippen LogP) is 1.42. The molecule has 2 rings (SSSR count). The number of methoxy groups -OCH3 is 1. The number of hydrogen-bond acceptors (Lipinski definition) is 4. The fraction of sp³-hybridized carbons (Fsp3) is 0.944. The van der Waals surface area contributed by atoms with E-state index in [1.165, 1.54) is 26.1 Å². The second-order valence-electron chi connectivity index (χ2n) is 6.88. The van der Waals surface area contributed by atoms with Crippen molar-refractivity contribution < 1.29 is 9.47 Å². The van der Waals surface area contributed by atoms with Gasteiger partial charge in [0.15, 0.2) is 5.96 Å². The lowest BCUT2D eigenvalue weighted by Gasteiger charge is -2.34. The molecule has 0 amide bonds. The highest BCUT2D eigenvalue weighted by Gasteiger charge is 2.24. The largest absolute Gasteiger partial charge is 0.385 e. The first-order valence-corrected chi connectivity index (χ1v) is 9.55. The number of likely N-dealkylation sites (tertiary alicyclic amines) is 2. The normalized spacial score (nSPS) is 23.9. The average Bonchev–Trinajstić information content (AvgIpc) is 3.08. The maximum atomic E-state index is 5.94. The van der Waals surface area contributed by atoms with Gasteiger partial charge in [-0.1, -0.05) is 6.92 Å². The third-order valence-corrected chi connectivity index (χ3v) is 5.17. The number of ether oxygens (including phenoxy) is 2. The summed E-state index contributed by atoms with van der Waals surface area (Å²) in [5.41, 5.74) is 0. The Labute approximate surface area is 147 Å². The fourth-order valence-corrected chi connectivity index (χ4v) is 3.62. The summed E-state index contributed by atoms with van der Waals surface area (Å²) in [6.07, 6.45) is 4.84.